The van der Waals surface area contributed by atoms with Crippen molar-refractivity contribution in [3.8, 4) is 0 Å². The lowest BCUT2D eigenvalue weighted by Crippen LogP contribution is -2.30. The molecule has 0 aliphatic heterocycles. The summed E-state index contributed by atoms with van der Waals surface area (Å²) >= 11 is 0. The predicted octanol–water partition coefficient (Wildman–Crippen LogP) is 6.82. The summed E-state index contributed by atoms with van der Waals surface area (Å²) in [6, 6.07) is 33.1. The maximum Gasteiger partial charge on any atom is 0.0440 e. The standard InChI is InChI=1S/C24H27P/c1-19(2)25-24(22-15-9-5-10-16-22,23-17-11-6-12-18-23)20(3)21-13-7-4-8-14-21/h4-20,25H,1-3H3. The van der Waals surface area contributed by atoms with E-state index < -0.39 is 0 Å². The first-order chi connectivity index (χ1) is 12.1. The molecule has 0 aromatic heterocycles. The third kappa shape index (κ3) is 3.70. The SMILES string of the molecule is CC(C)PC(c1ccccc1)(c1ccccc1)C(C)c1ccccc1. The van der Waals surface area contributed by atoms with E-state index in [4.69, 9.17) is 0 Å². The van der Waals surface area contributed by atoms with Gasteiger partial charge in [-0.2, -0.15) is 0 Å². The van der Waals surface area contributed by atoms with Gasteiger partial charge in [-0.05, 0) is 28.3 Å². The van der Waals surface area contributed by atoms with Gasteiger partial charge in [-0.1, -0.05) is 112 Å². The molecule has 0 fully saturated rings. The van der Waals surface area contributed by atoms with E-state index in [1.807, 2.05) is 0 Å². The second kappa shape index (κ2) is 7.98. The first-order valence-corrected chi connectivity index (χ1v) is 10.2. The Morgan fingerprint density at radius 3 is 1.40 bits per heavy atom. The van der Waals surface area contributed by atoms with Crippen molar-refractivity contribution >= 4 is 8.58 Å². The zero-order valence-electron chi connectivity index (χ0n) is 15.3. The molecular formula is C24H27P. The lowest BCUT2D eigenvalue weighted by molar-refractivity contribution is 0.594. The first kappa shape index (κ1) is 17.9. The molecule has 2 unspecified atom stereocenters. The largest absolute Gasteiger partial charge is 0.103 e. The Bertz CT molecular complexity index is 723. The number of hydrogen-bond acceptors (Lipinski definition) is 0. The molecule has 2 atom stereocenters. The molecule has 0 bridgehead atoms. The molecule has 0 saturated carbocycles. The third-order valence-corrected chi connectivity index (χ3v) is 6.97. The van der Waals surface area contributed by atoms with Crippen molar-refractivity contribution in [2.24, 2.45) is 0 Å². The average Bonchev–Trinajstić information content (AvgIpc) is 2.67. The minimum atomic E-state index is -0.00194. The van der Waals surface area contributed by atoms with Crippen LogP contribution in [0.5, 0.6) is 0 Å². The van der Waals surface area contributed by atoms with Gasteiger partial charge in [0.2, 0.25) is 0 Å². The van der Waals surface area contributed by atoms with E-state index >= 15 is 0 Å². The average molecular weight is 346 g/mol. The Morgan fingerprint density at radius 1 is 0.600 bits per heavy atom. The molecule has 0 spiro atoms. The lowest BCUT2D eigenvalue weighted by Gasteiger charge is -2.42. The van der Waals surface area contributed by atoms with E-state index in [0.717, 1.165) is 8.58 Å². The van der Waals surface area contributed by atoms with Gasteiger partial charge in [0.15, 0.2) is 0 Å². The molecule has 0 aliphatic rings. The van der Waals surface area contributed by atoms with Gasteiger partial charge in [0.1, 0.15) is 0 Å². The van der Waals surface area contributed by atoms with E-state index in [9.17, 15) is 0 Å². The maximum absolute atomic E-state index is 2.39. The Hall–Kier alpha value is -1.91. The molecular weight excluding hydrogens is 319 g/mol. The van der Waals surface area contributed by atoms with Gasteiger partial charge < -0.3 is 0 Å². The summed E-state index contributed by atoms with van der Waals surface area (Å²) in [6.07, 6.45) is 0. The summed E-state index contributed by atoms with van der Waals surface area (Å²) in [7, 11) is 0.811. The fraction of sp³-hybridized carbons (Fsp3) is 0.250. The highest BCUT2D eigenvalue weighted by molar-refractivity contribution is 7.40. The maximum atomic E-state index is 2.39. The minimum absolute atomic E-state index is 0.00194. The van der Waals surface area contributed by atoms with E-state index in [-0.39, 0.29) is 5.16 Å². The van der Waals surface area contributed by atoms with E-state index in [1.165, 1.54) is 16.7 Å². The Kier molecular flexibility index (Phi) is 5.71. The van der Waals surface area contributed by atoms with Crippen LogP contribution in [0.2, 0.25) is 0 Å². The molecule has 1 heteroatoms. The summed E-state index contributed by atoms with van der Waals surface area (Å²) in [6.45, 7) is 7.08. The summed E-state index contributed by atoms with van der Waals surface area (Å²) in [5.41, 5.74) is 4.88. The van der Waals surface area contributed by atoms with Crippen LogP contribution >= 0.6 is 8.58 Å². The summed E-state index contributed by atoms with van der Waals surface area (Å²) < 4.78 is 0. The first-order valence-electron chi connectivity index (χ1n) is 9.08. The van der Waals surface area contributed by atoms with Crippen LogP contribution in [-0.4, -0.2) is 5.66 Å². The van der Waals surface area contributed by atoms with Crippen molar-refractivity contribution in [2.45, 2.75) is 37.5 Å². The van der Waals surface area contributed by atoms with Crippen molar-refractivity contribution in [3.05, 3.63) is 108 Å². The highest BCUT2D eigenvalue weighted by atomic mass is 31.1. The van der Waals surface area contributed by atoms with Gasteiger partial charge >= 0.3 is 0 Å². The van der Waals surface area contributed by atoms with Gasteiger partial charge in [-0.25, -0.2) is 0 Å². The summed E-state index contributed by atoms with van der Waals surface area (Å²) in [5, 5.41) is -0.00194. The molecule has 3 aromatic rings. The van der Waals surface area contributed by atoms with Crippen LogP contribution in [0.15, 0.2) is 91.0 Å². The zero-order valence-corrected chi connectivity index (χ0v) is 16.3. The van der Waals surface area contributed by atoms with Crippen LogP contribution in [0.3, 0.4) is 0 Å². The molecule has 0 aliphatic carbocycles. The van der Waals surface area contributed by atoms with Crippen molar-refractivity contribution in [1.29, 1.82) is 0 Å². The smallest absolute Gasteiger partial charge is 0.0440 e. The van der Waals surface area contributed by atoms with E-state index in [0.29, 0.717) is 11.6 Å². The second-order valence-corrected chi connectivity index (χ2v) is 9.20. The molecule has 128 valence electrons. The van der Waals surface area contributed by atoms with Gasteiger partial charge in [0.05, 0.1) is 0 Å². The van der Waals surface area contributed by atoms with Gasteiger partial charge in [-0.15, -0.1) is 8.58 Å². The Morgan fingerprint density at radius 2 is 1.00 bits per heavy atom. The fourth-order valence-electron chi connectivity index (χ4n) is 3.81. The van der Waals surface area contributed by atoms with Gasteiger partial charge in [-0.3, -0.25) is 0 Å². The highest BCUT2D eigenvalue weighted by Gasteiger charge is 2.40. The molecule has 0 N–H and O–H groups in total. The quantitative estimate of drug-likeness (QED) is 0.430. The number of hydrogen-bond donors (Lipinski definition) is 0. The molecule has 0 saturated heterocycles. The Balaban J connectivity index is 2.25. The zero-order chi connectivity index (χ0) is 17.7. The molecule has 0 nitrogen and oxygen atoms in total. The van der Waals surface area contributed by atoms with Crippen molar-refractivity contribution in [2.75, 3.05) is 0 Å². The lowest BCUT2D eigenvalue weighted by atomic mass is 9.77. The Labute approximate surface area is 154 Å². The molecule has 0 amide bonds. The van der Waals surface area contributed by atoms with Crippen LogP contribution in [0.4, 0.5) is 0 Å². The summed E-state index contributed by atoms with van der Waals surface area (Å²) in [5.74, 6) is 0.402. The van der Waals surface area contributed by atoms with Gasteiger partial charge in [0, 0.05) is 5.16 Å². The molecule has 0 heterocycles. The van der Waals surface area contributed by atoms with E-state index in [2.05, 4.69) is 112 Å². The molecule has 3 rings (SSSR count). The van der Waals surface area contributed by atoms with E-state index in [1.54, 1.807) is 0 Å². The van der Waals surface area contributed by atoms with Crippen molar-refractivity contribution < 1.29 is 0 Å². The second-order valence-electron chi connectivity index (χ2n) is 6.97. The predicted molar refractivity (Wildman–Crippen MR) is 112 cm³/mol. The molecule has 25 heavy (non-hydrogen) atoms. The normalized spacial score (nSPS) is 13.4. The number of rotatable bonds is 6. The van der Waals surface area contributed by atoms with Crippen LogP contribution in [0.25, 0.3) is 0 Å². The van der Waals surface area contributed by atoms with Crippen molar-refractivity contribution in [1.82, 2.24) is 0 Å². The van der Waals surface area contributed by atoms with Crippen LogP contribution in [0.1, 0.15) is 43.4 Å². The van der Waals surface area contributed by atoms with Gasteiger partial charge in [0.25, 0.3) is 0 Å². The highest BCUT2D eigenvalue weighted by Crippen LogP contribution is 2.57. The number of benzene rings is 3. The molecule has 0 radical (unpaired) electrons. The van der Waals surface area contributed by atoms with Crippen LogP contribution in [-0.2, 0) is 5.16 Å². The summed E-state index contributed by atoms with van der Waals surface area (Å²) in [4.78, 5) is 0. The minimum Gasteiger partial charge on any atom is -0.103 e. The topological polar surface area (TPSA) is 0 Å². The fourth-order valence-corrected chi connectivity index (χ4v) is 5.80. The van der Waals surface area contributed by atoms with Crippen LogP contribution in [0, 0.1) is 0 Å². The molecule has 3 aromatic carbocycles. The van der Waals surface area contributed by atoms with Crippen molar-refractivity contribution in [3.63, 3.8) is 0 Å². The van der Waals surface area contributed by atoms with Crippen LogP contribution < -0.4 is 0 Å². The third-order valence-electron chi connectivity index (χ3n) is 4.92. The monoisotopic (exact) mass is 346 g/mol.